The van der Waals surface area contributed by atoms with E-state index in [1.54, 1.807) is 54.6 Å². The van der Waals surface area contributed by atoms with Gasteiger partial charge in [-0.25, -0.2) is 9.07 Å². The van der Waals surface area contributed by atoms with Crippen LogP contribution in [0.25, 0.3) is 16.9 Å². The molecular formula is C23H19FN4O. The van der Waals surface area contributed by atoms with Crippen LogP contribution in [-0.4, -0.2) is 32.6 Å². The smallest absolute Gasteiger partial charge is 0.257 e. The van der Waals surface area contributed by atoms with Gasteiger partial charge in [-0.15, -0.1) is 0 Å². The van der Waals surface area contributed by atoms with Crippen molar-refractivity contribution in [1.29, 1.82) is 0 Å². The van der Waals surface area contributed by atoms with Gasteiger partial charge in [-0.05, 0) is 30.3 Å². The number of amides is 1. The lowest BCUT2D eigenvalue weighted by atomic mass is 10.1. The molecule has 0 saturated carbocycles. The Labute approximate surface area is 168 Å². The zero-order chi connectivity index (χ0) is 20.2. The topological polar surface area (TPSA) is 51.0 Å². The van der Waals surface area contributed by atoms with Crippen molar-refractivity contribution in [2.75, 3.05) is 7.05 Å². The summed E-state index contributed by atoms with van der Waals surface area (Å²) in [5.41, 5.74) is 3.01. The summed E-state index contributed by atoms with van der Waals surface area (Å²) >= 11 is 0. The maximum absolute atomic E-state index is 14.0. The highest BCUT2D eigenvalue weighted by molar-refractivity contribution is 5.99. The summed E-state index contributed by atoms with van der Waals surface area (Å²) in [4.78, 5) is 18.9. The Morgan fingerprint density at radius 2 is 1.79 bits per heavy atom. The first-order chi connectivity index (χ1) is 14.1. The second-order valence-electron chi connectivity index (χ2n) is 6.67. The number of benzene rings is 2. The van der Waals surface area contributed by atoms with Gasteiger partial charge in [0.2, 0.25) is 0 Å². The van der Waals surface area contributed by atoms with Crippen LogP contribution in [0.4, 0.5) is 4.39 Å². The molecule has 0 radical (unpaired) electrons. The number of nitrogens with zero attached hydrogens (tertiary/aromatic N) is 4. The molecule has 0 fully saturated rings. The number of rotatable bonds is 5. The summed E-state index contributed by atoms with van der Waals surface area (Å²) in [6, 6.07) is 19.7. The number of carbonyl (C=O) groups is 1. The number of halogens is 1. The molecule has 0 N–H and O–H groups in total. The van der Waals surface area contributed by atoms with E-state index in [1.165, 1.54) is 11.0 Å². The Bertz CT molecular complexity index is 1130. The van der Waals surface area contributed by atoms with E-state index in [-0.39, 0.29) is 18.3 Å². The van der Waals surface area contributed by atoms with Crippen molar-refractivity contribution in [3.63, 3.8) is 0 Å². The molecule has 0 aliphatic carbocycles. The van der Waals surface area contributed by atoms with Gasteiger partial charge in [-0.2, -0.15) is 5.10 Å². The van der Waals surface area contributed by atoms with Crippen molar-refractivity contribution < 1.29 is 9.18 Å². The van der Waals surface area contributed by atoms with E-state index >= 15 is 0 Å². The highest BCUT2D eigenvalue weighted by atomic mass is 19.1. The van der Waals surface area contributed by atoms with E-state index in [0.29, 0.717) is 16.8 Å². The molecule has 2 heterocycles. The molecule has 4 rings (SSSR count). The van der Waals surface area contributed by atoms with Gasteiger partial charge in [0, 0.05) is 43.3 Å². The third kappa shape index (κ3) is 3.91. The average molecular weight is 386 g/mol. The third-order valence-corrected chi connectivity index (χ3v) is 4.61. The summed E-state index contributed by atoms with van der Waals surface area (Å²) in [5.74, 6) is -0.575. The Morgan fingerprint density at radius 1 is 1.03 bits per heavy atom. The maximum Gasteiger partial charge on any atom is 0.257 e. The standard InChI is InChI=1S/C23H19FN4O/c1-27(15-18-8-5-6-12-21(18)24)23(29)20-16-28(19-10-3-2-4-11-19)26-22(20)17-9-7-13-25-14-17/h2-14,16H,15H2,1H3. The molecular weight excluding hydrogens is 367 g/mol. The van der Waals surface area contributed by atoms with Gasteiger partial charge in [0.15, 0.2) is 0 Å². The predicted octanol–water partition coefficient (Wildman–Crippen LogP) is 4.35. The number of para-hydroxylation sites is 1. The van der Waals surface area contributed by atoms with Crippen LogP contribution >= 0.6 is 0 Å². The largest absolute Gasteiger partial charge is 0.337 e. The summed E-state index contributed by atoms with van der Waals surface area (Å²) in [6.45, 7) is 0.161. The van der Waals surface area contributed by atoms with E-state index in [0.717, 1.165) is 11.3 Å². The van der Waals surface area contributed by atoms with Crippen molar-refractivity contribution in [2.24, 2.45) is 0 Å². The van der Waals surface area contributed by atoms with Gasteiger partial charge >= 0.3 is 0 Å². The number of carbonyl (C=O) groups excluding carboxylic acids is 1. The van der Waals surface area contributed by atoms with Crippen LogP contribution in [0.3, 0.4) is 0 Å². The van der Waals surface area contributed by atoms with E-state index in [1.807, 2.05) is 36.4 Å². The van der Waals surface area contributed by atoms with Crippen molar-refractivity contribution in [1.82, 2.24) is 19.7 Å². The molecule has 0 atom stereocenters. The van der Waals surface area contributed by atoms with Crippen molar-refractivity contribution in [2.45, 2.75) is 6.54 Å². The Morgan fingerprint density at radius 3 is 2.52 bits per heavy atom. The van der Waals surface area contributed by atoms with E-state index in [2.05, 4.69) is 10.1 Å². The minimum absolute atomic E-state index is 0.161. The monoisotopic (exact) mass is 386 g/mol. The normalized spacial score (nSPS) is 10.7. The highest BCUT2D eigenvalue weighted by Gasteiger charge is 2.22. The van der Waals surface area contributed by atoms with Crippen LogP contribution in [0.15, 0.2) is 85.3 Å². The summed E-state index contributed by atoms with van der Waals surface area (Å²) < 4.78 is 15.7. The SMILES string of the molecule is CN(Cc1ccccc1F)C(=O)c1cn(-c2ccccc2)nc1-c1cccnc1. The number of aromatic nitrogens is 3. The molecule has 0 aliphatic rings. The molecule has 0 spiro atoms. The van der Waals surface area contributed by atoms with Gasteiger partial charge in [-0.1, -0.05) is 36.4 Å². The lowest BCUT2D eigenvalue weighted by Gasteiger charge is -2.17. The zero-order valence-corrected chi connectivity index (χ0v) is 15.9. The van der Waals surface area contributed by atoms with Gasteiger partial charge in [-0.3, -0.25) is 9.78 Å². The molecule has 0 aliphatic heterocycles. The average Bonchev–Trinajstić information content (AvgIpc) is 3.21. The number of hydrogen-bond acceptors (Lipinski definition) is 3. The minimum Gasteiger partial charge on any atom is -0.337 e. The molecule has 29 heavy (non-hydrogen) atoms. The fourth-order valence-electron chi connectivity index (χ4n) is 3.12. The molecule has 2 aromatic heterocycles. The van der Waals surface area contributed by atoms with E-state index < -0.39 is 0 Å². The second kappa shape index (κ2) is 8.06. The molecule has 144 valence electrons. The Kier molecular flexibility index (Phi) is 5.16. The molecule has 0 unspecified atom stereocenters. The van der Waals surface area contributed by atoms with Crippen LogP contribution in [0, 0.1) is 5.82 Å². The fraction of sp³-hybridized carbons (Fsp3) is 0.0870. The van der Waals surface area contributed by atoms with Crippen LogP contribution in [0.2, 0.25) is 0 Å². The van der Waals surface area contributed by atoms with E-state index in [4.69, 9.17) is 0 Å². The van der Waals surface area contributed by atoms with Crippen LogP contribution in [0.5, 0.6) is 0 Å². The lowest BCUT2D eigenvalue weighted by molar-refractivity contribution is 0.0784. The molecule has 2 aromatic carbocycles. The summed E-state index contributed by atoms with van der Waals surface area (Å²) in [7, 11) is 1.65. The molecule has 0 saturated heterocycles. The van der Waals surface area contributed by atoms with Crippen molar-refractivity contribution in [3.8, 4) is 16.9 Å². The molecule has 1 amide bonds. The Balaban J connectivity index is 1.72. The van der Waals surface area contributed by atoms with Gasteiger partial charge in [0.05, 0.1) is 11.3 Å². The van der Waals surface area contributed by atoms with Gasteiger partial charge in [0.1, 0.15) is 11.5 Å². The fourth-order valence-corrected chi connectivity index (χ4v) is 3.12. The molecule has 6 heteroatoms. The van der Waals surface area contributed by atoms with Gasteiger partial charge in [0.25, 0.3) is 5.91 Å². The summed E-state index contributed by atoms with van der Waals surface area (Å²) in [6.07, 6.45) is 5.05. The first-order valence-corrected chi connectivity index (χ1v) is 9.18. The third-order valence-electron chi connectivity index (χ3n) is 4.61. The maximum atomic E-state index is 14.0. The minimum atomic E-state index is -0.334. The molecule has 0 bridgehead atoms. The zero-order valence-electron chi connectivity index (χ0n) is 15.9. The first kappa shape index (κ1) is 18.6. The lowest BCUT2D eigenvalue weighted by Crippen LogP contribution is -2.26. The van der Waals surface area contributed by atoms with Gasteiger partial charge < -0.3 is 4.90 Å². The summed E-state index contributed by atoms with van der Waals surface area (Å²) in [5, 5.41) is 4.63. The Hall–Kier alpha value is -3.80. The van der Waals surface area contributed by atoms with Crippen LogP contribution in [-0.2, 0) is 6.54 Å². The predicted molar refractivity (Wildman–Crippen MR) is 109 cm³/mol. The van der Waals surface area contributed by atoms with Crippen LogP contribution < -0.4 is 0 Å². The van der Waals surface area contributed by atoms with E-state index in [9.17, 15) is 9.18 Å². The number of pyridine rings is 1. The molecule has 4 aromatic rings. The first-order valence-electron chi connectivity index (χ1n) is 9.18. The second-order valence-corrected chi connectivity index (χ2v) is 6.67. The number of hydrogen-bond donors (Lipinski definition) is 0. The molecule has 5 nitrogen and oxygen atoms in total. The van der Waals surface area contributed by atoms with Crippen molar-refractivity contribution >= 4 is 5.91 Å². The quantitative estimate of drug-likeness (QED) is 0.513. The highest BCUT2D eigenvalue weighted by Crippen LogP contribution is 2.24. The van der Waals surface area contributed by atoms with Crippen molar-refractivity contribution in [3.05, 3.63) is 102 Å². The van der Waals surface area contributed by atoms with Crippen LogP contribution in [0.1, 0.15) is 15.9 Å².